The fourth-order valence-electron chi connectivity index (χ4n) is 3.12. The van der Waals surface area contributed by atoms with Crippen LogP contribution in [0.2, 0.25) is 0 Å². The number of rotatable bonds is 1. The minimum Gasteiger partial charge on any atom is -0.372 e. The van der Waals surface area contributed by atoms with Gasteiger partial charge in [0, 0.05) is 12.6 Å². The Bertz CT molecular complexity index is 413. The Morgan fingerprint density at radius 2 is 2.12 bits per heavy atom. The Hall–Kier alpha value is -0.860. The van der Waals surface area contributed by atoms with Crippen LogP contribution >= 0.6 is 0 Å². The van der Waals surface area contributed by atoms with E-state index in [1.807, 2.05) is 0 Å². The summed E-state index contributed by atoms with van der Waals surface area (Å²) in [4.78, 5) is 0. The molecule has 92 valence electrons. The van der Waals surface area contributed by atoms with Gasteiger partial charge in [0.05, 0.1) is 12.7 Å². The van der Waals surface area contributed by atoms with E-state index in [1.54, 1.807) is 0 Å². The normalized spacial score (nSPS) is 31.2. The Kier molecular flexibility index (Phi) is 2.72. The summed E-state index contributed by atoms with van der Waals surface area (Å²) in [6.07, 6.45) is 2.51. The second kappa shape index (κ2) is 4.11. The zero-order chi connectivity index (χ0) is 11.9. The molecule has 3 rings (SSSR count). The molecule has 2 nitrogen and oxygen atoms in total. The van der Waals surface area contributed by atoms with Crippen molar-refractivity contribution in [2.75, 3.05) is 13.2 Å². The minimum atomic E-state index is 0.252. The lowest BCUT2D eigenvalue weighted by atomic mass is 9.86. The third-order valence-electron chi connectivity index (χ3n) is 4.01. The largest absolute Gasteiger partial charge is 0.372 e. The second-order valence-corrected chi connectivity index (χ2v) is 6.10. The van der Waals surface area contributed by atoms with Crippen molar-refractivity contribution in [1.29, 1.82) is 0 Å². The average molecular weight is 231 g/mol. The molecule has 2 heteroatoms. The Morgan fingerprint density at radius 1 is 1.29 bits per heavy atom. The van der Waals surface area contributed by atoms with Gasteiger partial charge in [-0.15, -0.1) is 0 Å². The third-order valence-corrected chi connectivity index (χ3v) is 4.01. The predicted octanol–water partition coefficient (Wildman–Crippen LogP) is 2.69. The first-order valence-electron chi connectivity index (χ1n) is 6.58. The van der Waals surface area contributed by atoms with Crippen LogP contribution < -0.4 is 5.32 Å². The van der Waals surface area contributed by atoms with Crippen LogP contribution in [0.3, 0.4) is 0 Å². The molecular formula is C15H21NO. The molecule has 1 saturated heterocycles. The van der Waals surface area contributed by atoms with Crippen molar-refractivity contribution < 1.29 is 4.74 Å². The van der Waals surface area contributed by atoms with E-state index in [1.165, 1.54) is 17.5 Å². The molecule has 0 radical (unpaired) electrons. The van der Waals surface area contributed by atoms with E-state index in [4.69, 9.17) is 4.74 Å². The van der Waals surface area contributed by atoms with Crippen LogP contribution in [0, 0.1) is 5.41 Å². The number of fused-ring (bicyclic) bond motifs is 1. The van der Waals surface area contributed by atoms with Crippen LogP contribution in [0.4, 0.5) is 0 Å². The van der Waals surface area contributed by atoms with E-state index < -0.39 is 0 Å². The lowest BCUT2D eigenvalue weighted by Crippen LogP contribution is -2.33. The van der Waals surface area contributed by atoms with E-state index in [9.17, 15) is 0 Å². The monoisotopic (exact) mass is 231 g/mol. The van der Waals surface area contributed by atoms with Crippen molar-refractivity contribution in [2.24, 2.45) is 5.41 Å². The van der Waals surface area contributed by atoms with Gasteiger partial charge in [0.15, 0.2) is 0 Å². The number of hydrogen-bond acceptors (Lipinski definition) is 2. The number of ether oxygens (including phenoxy) is 1. The molecule has 0 saturated carbocycles. The first-order chi connectivity index (χ1) is 8.16. The number of benzene rings is 1. The second-order valence-electron chi connectivity index (χ2n) is 6.10. The molecule has 2 atom stereocenters. The van der Waals surface area contributed by atoms with Crippen molar-refractivity contribution in [3.8, 4) is 0 Å². The standard InChI is InChI=1S/C15H21NO/c1-15(2)9-13(16-10-15)14-12-6-4-3-5-11(12)7-8-17-14/h3-6,13-14,16H,7-10H2,1-2H3/t13-,14+/m0/s1. The molecule has 0 bridgehead atoms. The summed E-state index contributed by atoms with van der Waals surface area (Å²) in [5, 5.41) is 3.63. The number of hydrogen-bond donors (Lipinski definition) is 1. The molecule has 17 heavy (non-hydrogen) atoms. The molecule has 0 unspecified atom stereocenters. The fraction of sp³-hybridized carbons (Fsp3) is 0.600. The summed E-state index contributed by atoms with van der Waals surface area (Å²) >= 11 is 0. The van der Waals surface area contributed by atoms with Gasteiger partial charge >= 0.3 is 0 Å². The summed E-state index contributed by atoms with van der Waals surface area (Å²) in [6, 6.07) is 9.21. The van der Waals surface area contributed by atoms with Crippen LogP contribution in [0.5, 0.6) is 0 Å². The molecule has 2 aliphatic heterocycles. The van der Waals surface area contributed by atoms with Crippen molar-refractivity contribution in [3.05, 3.63) is 35.4 Å². The molecule has 0 amide bonds. The van der Waals surface area contributed by atoms with E-state index in [2.05, 4.69) is 43.4 Å². The van der Waals surface area contributed by atoms with E-state index in [0.717, 1.165) is 19.6 Å². The highest BCUT2D eigenvalue weighted by atomic mass is 16.5. The Balaban J connectivity index is 1.86. The molecule has 1 aromatic rings. The van der Waals surface area contributed by atoms with Gasteiger partial charge in [-0.05, 0) is 29.4 Å². The van der Waals surface area contributed by atoms with Crippen LogP contribution in [0.15, 0.2) is 24.3 Å². The van der Waals surface area contributed by atoms with Crippen molar-refractivity contribution in [2.45, 2.75) is 38.8 Å². The minimum absolute atomic E-state index is 0.252. The quantitative estimate of drug-likeness (QED) is 0.802. The first-order valence-corrected chi connectivity index (χ1v) is 6.58. The highest BCUT2D eigenvalue weighted by molar-refractivity contribution is 5.32. The van der Waals surface area contributed by atoms with Crippen LogP contribution in [-0.2, 0) is 11.2 Å². The van der Waals surface area contributed by atoms with Crippen LogP contribution in [0.1, 0.15) is 37.5 Å². The smallest absolute Gasteiger partial charge is 0.0980 e. The summed E-state index contributed by atoms with van der Waals surface area (Å²) in [5.41, 5.74) is 3.27. The van der Waals surface area contributed by atoms with E-state index >= 15 is 0 Å². The average Bonchev–Trinajstić information content (AvgIpc) is 2.69. The fourth-order valence-corrected chi connectivity index (χ4v) is 3.12. The van der Waals surface area contributed by atoms with Crippen molar-refractivity contribution in [3.63, 3.8) is 0 Å². The number of nitrogens with one attached hydrogen (secondary N) is 1. The summed E-state index contributed by atoms with van der Waals surface area (Å²) in [6.45, 7) is 6.61. The molecule has 2 heterocycles. The van der Waals surface area contributed by atoms with Gasteiger partial charge in [-0.1, -0.05) is 38.1 Å². The Morgan fingerprint density at radius 3 is 2.88 bits per heavy atom. The maximum Gasteiger partial charge on any atom is 0.0980 e. The lowest BCUT2D eigenvalue weighted by molar-refractivity contribution is 0.0181. The van der Waals surface area contributed by atoms with E-state index in [0.29, 0.717) is 11.5 Å². The third kappa shape index (κ3) is 2.12. The molecule has 0 aliphatic carbocycles. The van der Waals surface area contributed by atoms with Crippen molar-refractivity contribution >= 4 is 0 Å². The van der Waals surface area contributed by atoms with Gasteiger partial charge in [0.25, 0.3) is 0 Å². The molecule has 1 N–H and O–H groups in total. The molecular weight excluding hydrogens is 210 g/mol. The van der Waals surface area contributed by atoms with Gasteiger partial charge in [-0.3, -0.25) is 0 Å². The molecule has 0 spiro atoms. The highest BCUT2D eigenvalue weighted by Crippen LogP contribution is 2.37. The van der Waals surface area contributed by atoms with Gasteiger partial charge in [-0.2, -0.15) is 0 Å². The molecule has 1 fully saturated rings. The van der Waals surface area contributed by atoms with E-state index in [-0.39, 0.29) is 6.10 Å². The molecule has 2 aliphatic rings. The van der Waals surface area contributed by atoms with Gasteiger partial charge < -0.3 is 10.1 Å². The topological polar surface area (TPSA) is 21.3 Å². The summed E-state index contributed by atoms with van der Waals surface area (Å²) < 4.78 is 6.02. The predicted molar refractivity (Wildman–Crippen MR) is 69.0 cm³/mol. The highest BCUT2D eigenvalue weighted by Gasteiger charge is 2.37. The zero-order valence-corrected chi connectivity index (χ0v) is 10.7. The summed E-state index contributed by atoms with van der Waals surface area (Å²) in [5.74, 6) is 0. The molecule has 0 aromatic heterocycles. The molecule has 1 aromatic carbocycles. The van der Waals surface area contributed by atoms with Gasteiger partial charge in [-0.25, -0.2) is 0 Å². The van der Waals surface area contributed by atoms with Gasteiger partial charge in [0.1, 0.15) is 0 Å². The summed E-state index contributed by atoms with van der Waals surface area (Å²) in [7, 11) is 0. The SMILES string of the molecule is CC1(C)CN[C@H]([C@@H]2OCCc3ccccc32)C1. The maximum atomic E-state index is 6.02. The van der Waals surface area contributed by atoms with Crippen LogP contribution in [0.25, 0.3) is 0 Å². The van der Waals surface area contributed by atoms with Crippen LogP contribution in [-0.4, -0.2) is 19.2 Å². The van der Waals surface area contributed by atoms with Gasteiger partial charge in [0.2, 0.25) is 0 Å². The lowest BCUT2D eigenvalue weighted by Gasteiger charge is -2.31. The van der Waals surface area contributed by atoms with Crippen molar-refractivity contribution in [1.82, 2.24) is 5.32 Å². The Labute approximate surface area is 103 Å². The first kappa shape index (κ1) is 11.2. The maximum absolute atomic E-state index is 6.02. The zero-order valence-electron chi connectivity index (χ0n) is 10.7.